The Morgan fingerprint density at radius 1 is 1.47 bits per heavy atom. The molecule has 0 aliphatic carbocycles. The average molecular weight is 274 g/mol. The van der Waals surface area contributed by atoms with Crippen LogP contribution in [0, 0.1) is 5.92 Å². The second-order valence-electron chi connectivity index (χ2n) is 4.05. The summed E-state index contributed by atoms with van der Waals surface area (Å²) < 4.78 is 4.89. The first-order valence-corrected chi connectivity index (χ1v) is 6.27. The molecule has 2 rings (SSSR count). The van der Waals surface area contributed by atoms with E-state index in [1.54, 1.807) is 0 Å². The van der Waals surface area contributed by atoms with Crippen molar-refractivity contribution in [3.05, 3.63) is 10.6 Å². The number of nitrogens with zero attached hydrogens (tertiary/aromatic N) is 3. The second-order valence-corrected chi connectivity index (χ2v) is 4.72. The standard InChI is InChI=1S/C10H16BrN3O/c1-2-14-5-3-8(4-6-14)7-9-12-10(11)15-13-9/h8H,2-7H2,1H3. The van der Waals surface area contributed by atoms with Gasteiger partial charge in [0.1, 0.15) is 0 Å². The average Bonchev–Trinajstić information content (AvgIpc) is 2.65. The highest BCUT2D eigenvalue weighted by atomic mass is 79.9. The highest BCUT2D eigenvalue weighted by molar-refractivity contribution is 9.10. The minimum Gasteiger partial charge on any atom is -0.327 e. The van der Waals surface area contributed by atoms with Crippen LogP contribution in [-0.2, 0) is 6.42 Å². The number of aromatic nitrogens is 2. The van der Waals surface area contributed by atoms with Crippen LogP contribution in [0.5, 0.6) is 0 Å². The van der Waals surface area contributed by atoms with Crippen molar-refractivity contribution in [1.82, 2.24) is 15.0 Å². The van der Waals surface area contributed by atoms with Crippen molar-refractivity contribution in [3.63, 3.8) is 0 Å². The van der Waals surface area contributed by atoms with Crippen molar-refractivity contribution in [2.45, 2.75) is 26.2 Å². The van der Waals surface area contributed by atoms with E-state index in [9.17, 15) is 0 Å². The summed E-state index contributed by atoms with van der Waals surface area (Å²) in [6, 6.07) is 0. The molecule has 2 heterocycles. The van der Waals surface area contributed by atoms with Crippen molar-refractivity contribution in [2.24, 2.45) is 5.92 Å². The van der Waals surface area contributed by atoms with Crippen LogP contribution in [0.4, 0.5) is 0 Å². The van der Waals surface area contributed by atoms with Crippen molar-refractivity contribution in [1.29, 1.82) is 0 Å². The van der Waals surface area contributed by atoms with Crippen molar-refractivity contribution < 1.29 is 4.52 Å². The number of hydrogen-bond donors (Lipinski definition) is 0. The molecule has 1 aromatic rings. The molecule has 0 unspecified atom stereocenters. The smallest absolute Gasteiger partial charge is 0.293 e. The molecule has 0 saturated carbocycles. The monoisotopic (exact) mass is 273 g/mol. The van der Waals surface area contributed by atoms with Gasteiger partial charge >= 0.3 is 0 Å². The topological polar surface area (TPSA) is 42.2 Å². The molecule has 5 heteroatoms. The fraction of sp³-hybridized carbons (Fsp3) is 0.800. The summed E-state index contributed by atoms with van der Waals surface area (Å²) in [6.45, 7) is 5.80. The third-order valence-corrected chi connectivity index (χ3v) is 3.39. The van der Waals surface area contributed by atoms with Crippen molar-refractivity contribution in [3.8, 4) is 0 Å². The minimum absolute atomic E-state index is 0.489. The largest absolute Gasteiger partial charge is 0.327 e. The van der Waals surface area contributed by atoms with Crippen LogP contribution in [0.15, 0.2) is 9.32 Å². The molecule has 1 aliphatic heterocycles. The number of rotatable bonds is 3. The zero-order valence-electron chi connectivity index (χ0n) is 8.95. The Morgan fingerprint density at radius 3 is 2.73 bits per heavy atom. The van der Waals surface area contributed by atoms with Crippen molar-refractivity contribution >= 4 is 15.9 Å². The minimum atomic E-state index is 0.489. The van der Waals surface area contributed by atoms with Crippen LogP contribution >= 0.6 is 15.9 Å². The Balaban J connectivity index is 1.82. The van der Waals surface area contributed by atoms with Gasteiger partial charge in [0.15, 0.2) is 5.82 Å². The molecular formula is C10H16BrN3O. The van der Waals surface area contributed by atoms with Crippen LogP contribution in [-0.4, -0.2) is 34.7 Å². The molecule has 84 valence electrons. The first-order valence-electron chi connectivity index (χ1n) is 5.48. The van der Waals surface area contributed by atoms with Gasteiger partial charge in [-0.3, -0.25) is 0 Å². The summed E-state index contributed by atoms with van der Waals surface area (Å²) in [5.74, 6) is 1.55. The summed E-state index contributed by atoms with van der Waals surface area (Å²) in [6.07, 6.45) is 3.45. The number of likely N-dealkylation sites (tertiary alicyclic amines) is 1. The summed E-state index contributed by atoms with van der Waals surface area (Å²) in [4.78, 5) is 7.15. The van der Waals surface area contributed by atoms with Crippen LogP contribution in [0.1, 0.15) is 25.6 Å². The molecule has 1 aliphatic rings. The lowest BCUT2D eigenvalue weighted by atomic mass is 9.93. The highest BCUT2D eigenvalue weighted by Gasteiger charge is 2.20. The number of halogens is 1. The van der Waals surface area contributed by atoms with Gasteiger partial charge in [-0.25, -0.2) is 0 Å². The van der Waals surface area contributed by atoms with E-state index >= 15 is 0 Å². The normalized spacial score (nSPS) is 19.6. The lowest BCUT2D eigenvalue weighted by molar-refractivity contribution is 0.190. The summed E-state index contributed by atoms with van der Waals surface area (Å²) in [7, 11) is 0. The summed E-state index contributed by atoms with van der Waals surface area (Å²) >= 11 is 3.17. The van der Waals surface area contributed by atoms with E-state index in [1.165, 1.54) is 32.5 Å². The van der Waals surface area contributed by atoms with E-state index in [1.807, 2.05) is 0 Å². The third kappa shape index (κ3) is 3.01. The van der Waals surface area contributed by atoms with E-state index in [2.05, 4.69) is 37.9 Å². The lowest BCUT2D eigenvalue weighted by Gasteiger charge is -2.30. The van der Waals surface area contributed by atoms with E-state index < -0.39 is 0 Å². The zero-order valence-corrected chi connectivity index (χ0v) is 10.5. The molecule has 1 saturated heterocycles. The van der Waals surface area contributed by atoms with Gasteiger partial charge in [0.2, 0.25) is 0 Å². The molecule has 0 atom stereocenters. The molecule has 1 aromatic heterocycles. The van der Waals surface area contributed by atoms with Gasteiger partial charge < -0.3 is 9.42 Å². The van der Waals surface area contributed by atoms with Gasteiger partial charge in [0.05, 0.1) is 0 Å². The third-order valence-electron chi connectivity index (χ3n) is 3.07. The lowest BCUT2D eigenvalue weighted by Crippen LogP contribution is -2.34. The maximum Gasteiger partial charge on any atom is 0.293 e. The molecular weight excluding hydrogens is 258 g/mol. The molecule has 0 radical (unpaired) electrons. The first-order chi connectivity index (χ1) is 7.28. The van der Waals surface area contributed by atoms with E-state index in [0.717, 1.165) is 18.2 Å². The molecule has 0 aromatic carbocycles. The van der Waals surface area contributed by atoms with Gasteiger partial charge in [-0.1, -0.05) is 12.1 Å². The fourth-order valence-corrected chi connectivity index (χ4v) is 2.36. The van der Waals surface area contributed by atoms with Gasteiger partial charge in [-0.15, -0.1) is 0 Å². The molecule has 15 heavy (non-hydrogen) atoms. The Bertz CT molecular complexity index is 307. The highest BCUT2D eigenvalue weighted by Crippen LogP contribution is 2.20. The van der Waals surface area contributed by atoms with Gasteiger partial charge in [-0.05, 0) is 38.4 Å². The van der Waals surface area contributed by atoms with E-state index in [0.29, 0.717) is 4.80 Å². The number of piperidine rings is 1. The first kappa shape index (κ1) is 11.1. The number of hydrogen-bond acceptors (Lipinski definition) is 4. The second kappa shape index (κ2) is 5.07. The Labute approximate surface area is 98.2 Å². The Kier molecular flexibility index (Phi) is 3.75. The predicted molar refractivity (Wildman–Crippen MR) is 60.5 cm³/mol. The quantitative estimate of drug-likeness (QED) is 0.846. The van der Waals surface area contributed by atoms with Crippen LogP contribution in [0.3, 0.4) is 0 Å². The summed E-state index contributed by atoms with van der Waals surface area (Å²) in [5, 5.41) is 3.90. The molecule has 4 nitrogen and oxygen atoms in total. The zero-order chi connectivity index (χ0) is 10.7. The summed E-state index contributed by atoms with van der Waals surface area (Å²) in [5.41, 5.74) is 0. The van der Waals surface area contributed by atoms with Gasteiger partial charge in [-0.2, -0.15) is 4.98 Å². The van der Waals surface area contributed by atoms with Crippen molar-refractivity contribution in [2.75, 3.05) is 19.6 Å². The molecule has 0 N–H and O–H groups in total. The maximum absolute atomic E-state index is 4.89. The van der Waals surface area contributed by atoms with E-state index in [-0.39, 0.29) is 0 Å². The van der Waals surface area contributed by atoms with Gasteiger partial charge in [0, 0.05) is 22.4 Å². The molecule has 0 bridgehead atoms. The van der Waals surface area contributed by atoms with Crippen LogP contribution < -0.4 is 0 Å². The molecule has 1 fully saturated rings. The molecule has 0 amide bonds. The molecule has 0 spiro atoms. The van der Waals surface area contributed by atoms with Gasteiger partial charge in [0.25, 0.3) is 4.80 Å². The maximum atomic E-state index is 4.89. The Morgan fingerprint density at radius 2 is 2.20 bits per heavy atom. The van der Waals surface area contributed by atoms with E-state index in [4.69, 9.17) is 4.52 Å². The van der Waals surface area contributed by atoms with Crippen LogP contribution in [0.2, 0.25) is 0 Å². The predicted octanol–water partition coefficient (Wildman–Crippen LogP) is 2.11. The SMILES string of the molecule is CCN1CCC(Cc2noc(Br)n2)CC1. The fourth-order valence-electron chi connectivity index (χ4n) is 2.08. The Hall–Kier alpha value is -0.420. The van der Waals surface area contributed by atoms with Crippen LogP contribution in [0.25, 0.3) is 0 Å².